The lowest BCUT2D eigenvalue weighted by Crippen LogP contribution is -2.19. The monoisotopic (exact) mass is 321 g/mol. The first-order valence-electron chi connectivity index (χ1n) is 6.20. The maximum Gasteiger partial charge on any atom is 0.271 e. The largest absolute Gasteiger partial charge is 0.320 e. The fourth-order valence-corrected chi connectivity index (χ4v) is 2.97. The highest BCUT2D eigenvalue weighted by Gasteiger charge is 2.26. The van der Waals surface area contributed by atoms with Crippen LogP contribution in [0.3, 0.4) is 0 Å². The lowest BCUT2D eigenvalue weighted by molar-refractivity contribution is 0.102. The number of thiazole rings is 1. The van der Waals surface area contributed by atoms with Crippen LogP contribution >= 0.6 is 22.9 Å². The lowest BCUT2D eigenvalue weighted by Gasteiger charge is -2.15. The zero-order chi connectivity index (χ0) is 15.5. The Morgan fingerprint density at radius 3 is 2.90 bits per heavy atom. The van der Waals surface area contributed by atoms with Gasteiger partial charge in [-0.15, -0.1) is 5.10 Å². The van der Waals surface area contributed by atoms with Gasteiger partial charge in [0.15, 0.2) is 5.13 Å². The van der Waals surface area contributed by atoms with Gasteiger partial charge in [0.1, 0.15) is 4.88 Å². The molecular weight excluding hydrogens is 306 g/mol. The number of amides is 1. The van der Waals surface area contributed by atoms with E-state index in [1.807, 2.05) is 20.8 Å². The predicted octanol–water partition coefficient (Wildman–Crippen LogP) is 1.85. The van der Waals surface area contributed by atoms with Gasteiger partial charge in [-0.1, -0.05) is 48.4 Å². The van der Waals surface area contributed by atoms with E-state index in [0.717, 1.165) is 16.4 Å². The Morgan fingerprint density at radius 1 is 1.48 bits per heavy atom. The van der Waals surface area contributed by atoms with Crippen molar-refractivity contribution in [3.8, 4) is 11.8 Å². The molecule has 2 aromatic rings. The van der Waals surface area contributed by atoms with E-state index >= 15 is 0 Å². The molecule has 0 atom stereocenters. The van der Waals surface area contributed by atoms with Crippen LogP contribution in [0.4, 0.5) is 5.13 Å². The zero-order valence-electron chi connectivity index (χ0n) is 11.9. The Bertz CT molecular complexity index is 702. The molecule has 0 aliphatic heterocycles. The molecule has 0 saturated heterocycles. The minimum atomic E-state index is -0.248. The second-order valence-corrected chi connectivity index (χ2v) is 6.98. The van der Waals surface area contributed by atoms with Crippen molar-refractivity contribution < 1.29 is 4.79 Å². The molecule has 0 fully saturated rings. The summed E-state index contributed by atoms with van der Waals surface area (Å²) < 4.78 is 3.87. The van der Waals surface area contributed by atoms with E-state index in [1.165, 1.54) is 11.3 Å². The van der Waals surface area contributed by atoms with E-state index in [2.05, 4.69) is 31.7 Å². The van der Waals surface area contributed by atoms with Crippen LogP contribution in [0, 0.1) is 11.8 Å². The summed E-state index contributed by atoms with van der Waals surface area (Å²) in [7, 11) is 0. The highest BCUT2D eigenvalue weighted by atomic mass is 32.1. The summed E-state index contributed by atoms with van der Waals surface area (Å²) in [5.74, 6) is 5.37. The molecule has 2 rings (SSSR count). The third kappa shape index (κ3) is 3.85. The summed E-state index contributed by atoms with van der Waals surface area (Å²) in [4.78, 5) is 17.7. The van der Waals surface area contributed by atoms with Crippen LogP contribution in [0.25, 0.3) is 0 Å². The van der Waals surface area contributed by atoms with E-state index in [4.69, 9.17) is 5.73 Å². The topological polar surface area (TPSA) is 93.8 Å². The average Bonchev–Trinajstić information content (AvgIpc) is 3.04. The molecular formula is C13H15N5OS2. The van der Waals surface area contributed by atoms with Crippen molar-refractivity contribution in [1.29, 1.82) is 0 Å². The zero-order valence-corrected chi connectivity index (χ0v) is 13.6. The molecule has 21 heavy (non-hydrogen) atoms. The number of carbonyl (C=O) groups is 1. The summed E-state index contributed by atoms with van der Waals surface area (Å²) in [5.41, 5.74) is 5.76. The van der Waals surface area contributed by atoms with E-state index in [0.29, 0.717) is 22.2 Å². The van der Waals surface area contributed by atoms with E-state index < -0.39 is 0 Å². The number of carbonyl (C=O) groups excluding carboxylic acids is 1. The third-order valence-corrected chi connectivity index (χ3v) is 4.00. The van der Waals surface area contributed by atoms with Gasteiger partial charge in [-0.3, -0.25) is 10.1 Å². The molecule has 0 aliphatic rings. The van der Waals surface area contributed by atoms with Crippen LogP contribution in [0.1, 0.15) is 41.0 Å². The average molecular weight is 321 g/mol. The van der Waals surface area contributed by atoms with Gasteiger partial charge in [0.2, 0.25) is 0 Å². The number of nitrogens with one attached hydrogen (secondary N) is 1. The quantitative estimate of drug-likeness (QED) is 0.823. The number of hydrogen-bond donors (Lipinski definition) is 2. The van der Waals surface area contributed by atoms with Crippen LogP contribution < -0.4 is 11.1 Å². The van der Waals surface area contributed by atoms with Gasteiger partial charge >= 0.3 is 0 Å². The maximum atomic E-state index is 12.3. The second-order valence-electron chi connectivity index (χ2n) is 5.19. The van der Waals surface area contributed by atoms with Crippen molar-refractivity contribution in [2.45, 2.75) is 26.2 Å². The van der Waals surface area contributed by atoms with Gasteiger partial charge in [0.25, 0.3) is 5.91 Å². The molecule has 6 nitrogen and oxygen atoms in total. The van der Waals surface area contributed by atoms with Gasteiger partial charge < -0.3 is 5.73 Å². The number of nitrogens with zero attached hydrogens (tertiary/aromatic N) is 3. The Kier molecular flexibility index (Phi) is 4.67. The molecule has 0 saturated carbocycles. The number of nitrogens with two attached hydrogens (primary N) is 1. The normalized spacial score (nSPS) is 10.9. The van der Waals surface area contributed by atoms with Crippen molar-refractivity contribution in [2.24, 2.45) is 5.73 Å². The van der Waals surface area contributed by atoms with Crippen molar-refractivity contribution in [3.63, 3.8) is 0 Å². The molecule has 0 aromatic carbocycles. The molecule has 2 aromatic heterocycles. The molecule has 2 heterocycles. The number of rotatable bonds is 2. The van der Waals surface area contributed by atoms with Crippen molar-refractivity contribution >= 4 is 33.9 Å². The SMILES string of the molecule is CC(C)(C)c1nnsc1C(=O)Nc1ncc(C#CCN)s1. The first-order valence-corrected chi connectivity index (χ1v) is 7.79. The van der Waals surface area contributed by atoms with Crippen LogP contribution in [0.2, 0.25) is 0 Å². The molecule has 110 valence electrons. The van der Waals surface area contributed by atoms with E-state index in [-0.39, 0.29) is 11.3 Å². The summed E-state index contributed by atoms with van der Waals surface area (Å²) in [6.45, 7) is 6.26. The summed E-state index contributed by atoms with van der Waals surface area (Å²) in [6, 6.07) is 0. The van der Waals surface area contributed by atoms with Crippen LogP contribution in [-0.2, 0) is 5.41 Å². The molecule has 0 radical (unpaired) electrons. The van der Waals surface area contributed by atoms with Gasteiger partial charge in [0, 0.05) is 5.41 Å². The van der Waals surface area contributed by atoms with Gasteiger partial charge in [-0.05, 0) is 11.5 Å². The summed E-state index contributed by atoms with van der Waals surface area (Å²) in [6.07, 6.45) is 1.61. The Balaban J connectivity index is 2.15. The fourth-order valence-electron chi connectivity index (χ4n) is 1.51. The van der Waals surface area contributed by atoms with Crippen LogP contribution in [-0.4, -0.2) is 27.0 Å². The summed E-state index contributed by atoms with van der Waals surface area (Å²) >= 11 is 2.39. The van der Waals surface area contributed by atoms with Crippen molar-refractivity contribution in [1.82, 2.24) is 14.6 Å². The summed E-state index contributed by atoms with van der Waals surface area (Å²) in [5, 5.41) is 7.30. The van der Waals surface area contributed by atoms with Gasteiger partial charge in [-0.2, -0.15) is 0 Å². The van der Waals surface area contributed by atoms with Crippen molar-refractivity contribution in [2.75, 3.05) is 11.9 Å². The molecule has 0 aliphatic carbocycles. The smallest absolute Gasteiger partial charge is 0.271 e. The van der Waals surface area contributed by atoms with E-state index in [1.54, 1.807) is 6.20 Å². The number of anilines is 1. The van der Waals surface area contributed by atoms with Gasteiger partial charge in [0.05, 0.1) is 23.3 Å². The highest BCUT2D eigenvalue weighted by Crippen LogP contribution is 2.27. The Hall–Kier alpha value is -1.82. The lowest BCUT2D eigenvalue weighted by atomic mass is 9.91. The molecule has 8 heteroatoms. The van der Waals surface area contributed by atoms with Crippen molar-refractivity contribution in [3.05, 3.63) is 21.6 Å². The number of hydrogen-bond acceptors (Lipinski definition) is 7. The molecule has 0 bridgehead atoms. The van der Waals surface area contributed by atoms with E-state index in [9.17, 15) is 4.79 Å². The third-order valence-electron chi connectivity index (χ3n) is 2.44. The fraction of sp³-hybridized carbons (Fsp3) is 0.385. The standard InChI is InChI=1S/C13H15N5OS2/c1-13(2,3)10-9(21-18-17-10)11(19)16-12-15-7-8(20-12)5-4-6-14/h7H,6,14H2,1-3H3,(H,15,16,19). The van der Waals surface area contributed by atoms with Gasteiger partial charge in [-0.25, -0.2) is 4.98 Å². The molecule has 0 spiro atoms. The van der Waals surface area contributed by atoms with Crippen LogP contribution in [0.15, 0.2) is 6.20 Å². The Morgan fingerprint density at radius 2 is 2.24 bits per heavy atom. The first-order chi connectivity index (χ1) is 9.91. The Labute approximate surface area is 131 Å². The molecule has 3 N–H and O–H groups in total. The molecule has 1 amide bonds. The maximum absolute atomic E-state index is 12.3. The molecule has 0 unspecified atom stereocenters. The predicted molar refractivity (Wildman–Crippen MR) is 84.6 cm³/mol. The van der Waals surface area contributed by atoms with Crippen LogP contribution in [0.5, 0.6) is 0 Å². The first kappa shape index (κ1) is 15.6. The second kappa shape index (κ2) is 6.30. The number of aromatic nitrogens is 3. The highest BCUT2D eigenvalue weighted by molar-refractivity contribution is 7.16. The minimum absolute atomic E-state index is 0.236. The minimum Gasteiger partial charge on any atom is -0.320 e.